The monoisotopic (exact) mass is 412 g/mol. The van der Waals surface area contributed by atoms with Gasteiger partial charge in [-0.1, -0.05) is 0 Å². The molecule has 0 saturated carbocycles. The summed E-state index contributed by atoms with van der Waals surface area (Å²) in [5.74, 6) is -0.477. The van der Waals surface area contributed by atoms with Gasteiger partial charge in [0, 0.05) is 3.57 Å². The maximum atomic E-state index is 12.1. The average Bonchev–Trinajstić information content (AvgIpc) is 2.55. The van der Waals surface area contributed by atoms with Crippen LogP contribution in [0.4, 0.5) is 0 Å². The maximum Gasteiger partial charge on any atom is 0.343 e. The highest BCUT2D eigenvalue weighted by Gasteiger charge is 2.15. The summed E-state index contributed by atoms with van der Waals surface area (Å²) < 4.78 is 16.1. The molecule has 0 fully saturated rings. The fraction of sp³-hybridized carbons (Fsp3) is 0.125. The standard InChI is InChI=1S/C16H13IO5/c1-20-14-9-11(15(18)21-2)5-8-13(14)22-16(19)10-3-6-12(17)7-4-10/h3-9H,1-2H3. The molecule has 0 aliphatic heterocycles. The lowest BCUT2D eigenvalue weighted by Gasteiger charge is -2.10. The number of benzene rings is 2. The third kappa shape index (κ3) is 3.76. The summed E-state index contributed by atoms with van der Waals surface area (Å²) in [4.78, 5) is 23.6. The van der Waals surface area contributed by atoms with Crippen molar-refractivity contribution in [1.82, 2.24) is 0 Å². The highest BCUT2D eigenvalue weighted by Crippen LogP contribution is 2.29. The highest BCUT2D eigenvalue weighted by atomic mass is 127. The predicted molar refractivity (Wildman–Crippen MR) is 88.5 cm³/mol. The van der Waals surface area contributed by atoms with Crippen molar-refractivity contribution in [1.29, 1.82) is 0 Å². The first-order valence-corrected chi connectivity index (χ1v) is 7.37. The molecule has 0 amide bonds. The van der Waals surface area contributed by atoms with Crippen LogP contribution in [0, 0.1) is 3.57 Å². The van der Waals surface area contributed by atoms with E-state index >= 15 is 0 Å². The van der Waals surface area contributed by atoms with Crippen LogP contribution in [-0.4, -0.2) is 26.2 Å². The van der Waals surface area contributed by atoms with Crippen molar-refractivity contribution in [3.8, 4) is 11.5 Å². The molecule has 0 N–H and O–H groups in total. The first-order chi connectivity index (χ1) is 10.5. The van der Waals surface area contributed by atoms with E-state index in [0.717, 1.165) is 3.57 Å². The summed E-state index contributed by atoms with van der Waals surface area (Å²) in [6.45, 7) is 0. The number of methoxy groups -OCH3 is 2. The van der Waals surface area contributed by atoms with Crippen LogP contribution in [0.15, 0.2) is 42.5 Å². The van der Waals surface area contributed by atoms with Crippen LogP contribution in [0.1, 0.15) is 20.7 Å². The molecule has 2 aromatic rings. The predicted octanol–water partition coefficient (Wildman–Crippen LogP) is 3.31. The molecule has 2 aromatic carbocycles. The van der Waals surface area contributed by atoms with Gasteiger partial charge in [0.25, 0.3) is 0 Å². The zero-order valence-corrected chi connectivity index (χ0v) is 14.1. The minimum atomic E-state index is -0.500. The van der Waals surface area contributed by atoms with Crippen molar-refractivity contribution in [3.05, 3.63) is 57.2 Å². The Kier molecular flexibility index (Phi) is 5.37. The van der Waals surface area contributed by atoms with Gasteiger partial charge in [-0.15, -0.1) is 0 Å². The molecular weight excluding hydrogens is 399 g/mol. The molecule has 0 saturated heterocycles. The molecule has 5 nitrogen and oxygen atoms in total. The third-order valence-electron chi connectivity index (χ3n) is 2.87. The highest BCUT2D eigenvalue weighted by molar-refractivity contribution is 14.1. The molecule has 0 aliphatic rings. The van der Waals surface area contributed by atoms with Crippen LogP contribution in [0.3, 0.4) is 0 Å². The van der Waals surface area contributed by atoms with Crippen LogP contribution >= 0.6 is 22.6 Å². The van der Waals surface area contributed by atoms with E-state index in [2.05, 4.69) is 27.3 Å². The number of hydrogen-bond acceptors (Lipinski definition) is 5. The van der Waals surface area contributed by atoms with Crippen molar-refractivity contribution < 1.29 is 23.8 Å². The molecular formula is C16H13IO5. The summed E-state index contributed by atoms with van der Waals surface area (Å²) in [6, 6.07) is 11.4. The molecule has 2 rings (SSSR count). The summed E-state index contributed by atoms with van der Waals surface area (Å²) in [6.07, 6.45) is 0. The first-order valence-electron chi connectivity index (χ1n) is 6.29. The van der Waals surface area contributed by atoms with E-state index in [0.29, 0.717) is 11.1 Å². The molecule has 6 heteroatoms. The van der Waals surface area contributed by atoms with Gasteiger partial charge < -0.3 is 14.2 Å². The minimum Gasteiger partial charge on any atom is -0.493 e. The minimum absolute atomic E-state index is 0.235. The molecule has 0 unspecified atom stereocenters. The molecule has 0 spiro atoms. The van der Waals surface area contributed by atoms with Crippen LogP contribution in [0.25, 0.3) is 0 Å². The molecule has 0 aliphatic carbocycles. The number of halogens is 1. The van der Waals surface area contributed by atoms with Crippen molar-refractivity contribution >= 4 is 34.5 Å². The van der Waals surface area contributed by atoms with Gasteiger partial charge in [0.2, 0.25) is 0 Å². The normalized spacial score (nSPS) is 9.95. The smallest absolute Gasteiger partial charge is 0.343 e. The second-order valence-electron chi connectivity index (χ2n) is 4.25. The first kappa shape index (κ1) is 16.3. The van der Waals surface area contributed by atoms with Gasteiger partial charge in [-0.25, -0.2) is 9.59 Å². The van der Waals surface area contributed by atoms with Crippen LogP contribution in [0.5, 0.6) is 11.5 Å². The molecule has 0 heterocycles. The Morgan fingerprint density at radius 1 is 0.864 bits per heavy atom. The lowest BCUT2D eigenvalue weighted by Crippen LogP contribution is -2.10. The summed E-state index contributed by atoms with van der Waals surface area (Å²) in [5, 5.41) is 0. The summed E-state index contributed by atoms with van der Waals surface area (Å²) in [5.41, 5.74) is 0.743. The van der Waals surface area contributed by atoms with Crippen LogP contribution in [-0.2, 0) is 4.74 Å². The van der Waals surface area contributed by atoms with Crippen LogP contribution in [0.2, 0.25) is 0 Å². The third-order valence-corrected chi connectivity index (χ3v) is 3.59. The fourth-order valence-electron chi connectivity index (χ4n) is 1.74. The van der Waals surface area contributed by atoms with Gasteiger partial charge in [0.1, 0.15) is 0 Å². The molecule has 0 aromatic heterocycles. The zero-order valence-electron chi connectivity index (χ0n) is 12.0. The SMILES string of the molecule is COC(=O)c1ccc(OC(=O)c2ccc(I)cc2)c(OC)c1. The Labute approximate surface area is 141 Å². The largest absolute Gasteiger partial charge is 0.493 e. The van der Waals surface area contributed by atoms with Gasteiger partial charge in [-0.3, -0.25) is 0 Å². The van der Waals surface area contributed by atoms with Gasteiger partial charge >= 0.3 is 11.9 Å². The van der Waals surface area contributed by atoms with E-state index in [-0.39, 0.29) is 11.5 Å². The number of esters is 2. The molecule has 0 bridgehead atoms. The number of rotatable bonds is 4. The van der Waals surface area contributed by atoms with Crippen molar-refractivity contribution in [2.45, 2.75) is 0 Å². The van der Waals surface area contributed by atoms with Crippen molar-refractivity contribution in [2.75, 3.05) is 14.2 Å². The molecule has 0 radical (unpaired) electrons. The topological polar surface area (TPSA) is 61.8 Å². The van der Waals surface area contributed by atoms with E-state index in [1.54, 1.807) is 12.1 Å². The van der Waals surface area contributed by atoms with Gasteiger partial charge in [0.15, 0.2) is 11.5 Å². The second-order valence-corrected chi connectivity index (χ2v) is 5.50. The number of hydrogen-bond donors (Lipinski definition) is 0. The lowest BCUT2D eigenvalue weighted by atomic mass is 10.2. The Bertz CT molecular complexity index is 694. The Hall–Kier alpha value is -2.09. The number of ether oxygens (including phenoxy) is 3. The Morgan fingerprint density at radius 2 is 1.50 bits per heavy atom. The lowest BCUT2D eigenvalue weighted by molar-refractivity contribution is 0.0600. The van der Waals surface area contributed by atoms with Crippen molar-refractivity contribution in [2.24, 2.45) is 0 Å². The van der Waals surface area contributed by atoms with Crippen LogP contribution < -0.4 is 9.47 Å². The van der Waals surface area contributed by atoms with E-state index < -0.39 is 11.9 Å². The van der Waals surface area contributed by atoms with Gasteiger partial charge in [0.05, 0.1) is 25.3 Å². The van der Waals surface area contributed by atoms with Crippen molar-refractivity contribution in [3.63, 3.8) is 0 Å². The molecule has 22 heavy (non-hydrogen) atoms. The van der Waals surface area contributed by atoms with Gasteiger partial charge in [-0.05, 0) is 65.1 Å². The summed E-state index contributed by atoms with van der Waals surface area (Å²) in [7, 11) is 2.72. The Morgan fingerprint density at radius 3 is 2.09 bits per heavy atom. The average molecular weight is 412 g/mol. The second kappa shape index (κ2) is 7.26. The van der Waals surface area contributed by atoms with Gasteiger partial charge in [-0.2, -0.15) is 0 Å². The summed E-state index contributed by atoms with van der Waals surface area (Å²) >= 11 is 2.15. The van der Waals surface area contributed by atoms with E-state index in [1.165, 1.54) is 32.4 Å². The Balaban J connectivity index is 2.23. The maximum absolute atomic E-state index is 12.1. The van der Waals surface area contributed by atoms with E-state index in [9.17, 15) is 9.59 Å². The number of carbonyl (C=O) groups excluding carboxylic acids is 2. The quantitative estimate of drug-likeness (QED) is 0.438. The molecule has 0 atom stereocenters. The number of carbonyl (C=O) groups is 2. The zero-order chi connectivity index (χ0) is 16.1. The fourth-order valence-corrected chi connectivity index (χ4v) is 2.10. The van der Waals surface area contributed by atoms with E-state index in [1.807, 2.05) is 12.1 Å². The van der Waals surface area contributed by atoms with E-state index in [4.69, 9.17) is 9.47 Å². The molecule has 114 valence electrons.